The van der Waals surface area contributed by atoms with E-state index in [1.807, 2.05) is 0 Å². The van der Waals surface area contributed by atoms with E-state index in [-0.39, 0.29) is 6.71 Å². The predicted molar refractivity (Wildman–Crippen MR) is 220 cm³/mol. The van der Waals surface area contributed by atoms with Crippen LogP contribution in [0, 0.1) is 0 Å². The molecule has 1 spiro atoms. The van der Waals surface area contributed by atoms with E-state index in [1.54, 1.807) is 0 Å². The lowest BCUT2D eigenvalue weighted by molar-refractivity contribution is 0.754. The highest BCUT2D eigenvalue weighted by Crippen LogP contribution is 2.63. The average molecular weight is 674 g/mol. The number of rotatable bonds is 3. The van der Waals surface area contributed by atoms with Gasteiger partial charge in [-0.05, 0) is 65.1 Å². The molecule has 8 aromatic rings. The van der Waals surface area contributed by atoms with Crippen LogP contribution >= 0.6 is 0 Å². The van der Waals surface area contributed by atoms with E-state index in [0.29, 0.717) is 0 Å². The molecule has 4 aliphatic rings. The summed E-state index contributed by atoms with van der Waals surface area (Å²) in [5.74, 6) is 0. The Morgan fingerprint density at radius 3 is 1.42 bits per heavy atom. The molecule has 8 aromatic carbocycles. The third kappa shape index (κ3) is 3.23. The number of anilines is 3. The first-order chi connectivity index (χ1) is 25.8. The van der Waals surface area contributed by atoms with Gasteiger partial charge in [0.1, 0.15) is 0 Å². The number of hydrogen-bond acceptors (Lipinski definition) is 1. The van der Waals surface area contributed by atoms with Crippen molar-refractivity contribution in [3.05, 3.63) is 216 Å². The van der Waals surface area contributed by atoms with Gasteiger partial charge in [0.2, 0.25) is 6.71 Å². The van der Waals surface area contributed by atoms with E-state index >= 15 is 0 Å². The largest absolute Gasteiger partial charge is 0.311 e. The van der Waals surface area contributed by atoms with E-state index in [0.717, 1.165) is 0 Å². The van der Waals surface area contributed by atoms with Crippen molar-refractivity contribution in [1.29, 1.82) is 0 Å². The molecule has 3 heteroatoms. The van der Waals surface area contributed by atoms with Crippen LogP contribution < -0.4 is 42.0 Å². The summed E-state index contributed by atoms with van der Waals surface area (Å²) in [6.45, 7) is 0.0938. The Labute approximate surface area is 305 Å². The molecule has 0 saturated heterocycles. The van der Waals surface area contributed by atoms with Crippen LogP contribution in [-0.2, 0) is 5.41 Å². The lowest BCUT2D eigenvalue weighted by Gasteiger charge is -2.55. The molecule has 0 atom stereocenters. The van der Waals surface area contributed by atoms with E-state index in [9.17, 15) is 0 Å². The van der Waals surface area contributed by atoms with Crippen LogP contribution in [0.15, 0.2) is 194 Å². The molecule has 240 valence electrons. The zero-order valence-corrected chi connectivity index (χ0v) is 29.5. The van der Waals surface area contributed by atoms with Gasteiger partial charge in [-0.1, -0.05) is 200 Å². The third-order valence-corrected chi connectivity index (χ3v) is 17.4. The van der Waals surface area contributed by atoms with Crippen molar-refractivity contribution in [2.75, 3.05) is 4.90 Å². The molecule has 0 fully saturated rings. The zero-order chi connectivity index (χ0) is 34.0. The number of benzene rings is 8. The highest BCUT2D eigenvalue weighted by Gasteiger charge is 2.59. The van der Waals surface area contributed by atoms with Crippen molar-refractivity contribution in [2.24, 2.45) is 0 Å². The molecule has 52 heavy (non-hydrogen) atoms. The molecular weight excluding hydrogens is 641 g/mol. The Morgan fingerprint density at radius 1 is 0.365 bits per heavy atom. The standard InChI is InChI=1S/C49H32BNSi/c1-4-17-33(18-5-1)50-42-29-14-27-40-46(42)51-47-41(49(40)38-25-12-10-23-36(38)37-24-11-13-26-39(37)49)28-15-31-44(47)52(34-19-6-2-7-20-34,35-21-8-3-9-22-35)45-32-16-30-43(50)48(45)51/h1-32H. The van der Waals surface area contributed by atoms with E-state index in [1.165, 1.54) is 87.6 Å². The molecule has 0 N–H and O–H groups in total. The monoisotopic (exact) mass is 673 g/mol. The second-order valence-electron chi connectivity index (χ2n) is 14.7. The summed E-state index contributed by atoms with van der Waals surface area (Å²) in [6, 6.07) is 74.3. The zero-order valence-electron chi connectivity index (χ0n) is 28.5. The van der Waals surface area contributed by atoms with E-state index in [4.69, 9.17) is 0 Å². The van der Waals surface area contributed by atoms with Crippen LogP contribution in [0.3, 0.4) is 0 Å². The maximum atomic E-state index is 2.73. The van der Waals surface area contributed by atoms with Gasteiger partial charge in [0.05, 0.1) is 11.1 Å². The van der Waals surface area contributed by atoms with Crippen LogP contribution in [0.5, 0.6) is 0 Å². The summed E-state index contributed by atoms with van der Waals surface area (Å²) in [4.78, 5) is 2.73. The highest BCUT2D eigenvalue weighted by molar-refractivity contribution is 7.22. The Kier molecular flexibility index (Phi) is 5.61. The first-order valence-electron chi connectivity index (χ1n) is 18.4. The Bertz CT molecular complexity index is 2600. The van der Waals surface area contributed by atoms with Crippen molar-refractivity contribution in [3.63, 3.8) is 0 Å². The van der Waals surface area contributed by atoms with E-state index in [2.05, 4.69) is 199 Å². The SMILES string of the molecule is c1ccc(B2c3cccc4c3N3c5c2cccc5[Si](c2ccccc2)(c2ccccc2)c2cccc(c23)C42c3ccccc3-c3ccccc32)cc1. The summed E-state index contributed by atoms with van der Waals surface area (Å²) < 4.78 is 0. The van der Waals surface area contributed by atoms with Gasteiger partial charge in [0.15, 0.2) is 8.07 Å². The fourth-order valence-corrected chi connectivity index (χ4v) is 16.0. The molecule has 0 radical (unpaired) electrons. The van der Waals surface area contributed by atoms with Gasteiger partial charge in [-0.15, -0.1) is 0 Å². The van der Waals surface area contributed by atoms with Crippen molar-refractivity contribution in [3.8, 4) is 11.1 Å². The third-order valence-electron chi connectivity index (χ3n) is 12.6. The summed E-state index contributed by atoms with van der Waals surface area (Å²) in [7, 11) is -2.88. The van der Waals surface area contributed by atoms with Crippen molar-refractivity contribution >= 4 is 69.0 Å². The number of nitrogens with zero attached hydrogens (tertiary/aromatic N) is 1. The molecule has 1 nitrogen and oxygen atoms in total. The van der Waals surface area contributed by atoms with Gasteiger partial charge in [0.25, 0.3) is 0 Å². The lowest BCUT2D eigenvalue weighted by Crippen LogP contribution is -2.79. The van der Waals surface area contributed by atoms with Crippen molar-refractivity contribution < 1.29 is 0 Å². The van der Waals surface area contributed by atoms with Crippen LogP contribution in [0.1, 0.15) is 22.3 Å². The van der Waals surface area contributed by atoms with Crippen molar-refractivity contribution in [2.45, 2.75) is 5.41 Å². The molecule has 0 amide bonds. The summed E-state index contributed by atoms with van der Waals surface area (Å²) in [5, 5.41) is 5.78. The van der Waals surface area contributed by atoms with Gasteiger partial charge in [-0.3, -0.25) is 0 Å². The fourth-order valence-electron chi connectivity index (χ4n) is 10.9. The Morgan fingerprint density at radius 2 is 0.808 bits per heavy atom. The molecule has 0 unspecified atom stereocenters. The van der Waals surface area contributed by atoms with E-state index < -0.39 is 13.5 Å². The molecule has 0 bridgehead atoms. The van der Waals surface area contributed by atoms with Crippen LogP contribution in [0.4, 0.5) is 17.1 Å². The molecule has 0 aromatic heterocycles. The topological polar surface area (TPSA) is 3.24 Å². The fraction of sp³-hybridized carbons (Fsp3) is 0.0204. The molecule has 12 rings (SSSR count). The van der Waals surface area contributed by atoms with Gasteiger partial charge in [-0.25, -0.2) is 0 Å². The summed E-state index contributed by atoms with van der Waals surface area (Å²) in [5.41, 5.74) is 15.9. The van der Waals surface area contributed by atoms with Crippen LogP contribution in [0.25, 0.3) is 11.1 Å². The quantitative estimate of drug-likeness (QED) is 0.198. The Balaban J connectivity index is 1.34. The summed E-state index contributed by atoms with van der Waals surface area (Å²) >= 11 is 0. The Hall–Kier alpha value is -6.16. The first kappa shape index (κ1) is 28.5. The van der Waals surface area contributed by atoms with Gasteiger partial charge in [0, 0.05) is 11.4 Å². The average Bonchev–Trinajstić information content (AvgIpc) is 3.51. The molecule has 0 saturated carbocycles. The second-order valence-corrected chi connectivity index (χ2v) is 18.4. The van der Waals surface area contributed by atoms with Gasteiger partial charge < -0.3 is 4.90 Å². The number of para-hydroxylation sites is 3. The van der Waals surface area contributed by atoms with Crippen LogP contribution in [-0.4, -0.2) is 14.8 Å². The maximum Gasteiger partial charge on any atom is 0.246 e. The number of hydrogen-bond donors (Lipinski definition) is 0. The molecule has 1 aliphatic carbocycles. The maximum absolute atomic E-state index is 2.88. The predicted octanol–water partition coefficient (Wildman–Crippen LogP) is 6.35. The minimum Gasteiger partial charge on any atom is -0.311 e. The van der Waals surface area contributed by atoms with Crippen molar-refractivity contribution in [1.82, 2.24) is 0 Å². The molecule has 3 heterocycles. The first-order valence-corrected chi connectivity index (χ1v) is 20.4. The normalized spacial score (nSPS) is 15.5. The minimum atomic E-state index is -2.88. The van der Waals surface area contributed by atoms with Gasteiger partial charge >= 0.3 is 0 Å². The summed E-state index contributed by atoms with van der Waals surface area (Å²) in [6.07, 6.45) is 0. The minimum absolute atomic E-state index is 0.0938. The lowest BCUT2D eigenvalue weighted by atomic mass is 9.34. The number of fused-ring (bicyclic) bond motifs is 7. The van der Waals surface area contributed by atoms with Crippen LogP contribution in [0.2, 0.25) is 0 Å². The van der Waals surface area contributed by atoms with Gasteiger partial charge in [-0.2, -0.15) is 0 Å². The second kappa shape index (κ2) is 10.2. The molecule has 3 aliphatic heterocycles. The smallest absolute Gasteiger partial charge is 0.246 e. The molecular formula is C49H32BNSi. The highest BCUT2D eigenvalue weighted by atomic mass is 28.3.